The molecular weight excluding hydrogens is 244 g/mol. The highest BCUT2D eigenvalue weighted by Gasteiger charge is 2.24. The molecule has 1 aliphatic heterocycles. The first-order valence-electron chi connectivity index (χ1n) is 5.21. The largest absolute Gasteiger partial charge is 0.333 e. The lowest BCUT2D eigenvalue weighted by Crippen LogP contribution is -2.48. The number of rotatable bonds is 2. The van der Waals surface area contributed by atoms with Gasteiger partial charge in [0.15, 0.2) is 0 Å². The van der Waals surface area contributed by atoms with Gasteiger partial charge in [0.05, 0.1) is 11.8 Å². The van der Waals surface area contributed by atoms with Crippen LogP contribution in [-0.4, -0.2) is 52.5 Å². The van der Waals surface area contributed by atoms with Gasteiger partial charge in [0, 0.05) is 39.4 Å². The van der Waals surface area contributed by atoms with Crippen LogP contribution in [0.3, 0.4) is 0 Å². The van der Waals surface area contributed by atoms with Gasteiger partial charge in [0.25, 0.3) is 11.7 Å². The van der Waals surface area contributed by atoms with E-state index in [9.17, 15) is 9.59 Å². The number of ketones is 1. The van der Waals surface area contributed by atoms with Crippen LogP contribution in [-0.2, 0) is 11.8 Å². The van der Waals surface area contributed by atoms with Crippen LogP contribution in [0.5, 0.6) is 0 Å². The Labute approximate surface area is 105 Å². The van der Waals surface area contributed by atoms with Gasteiger partial charge in [-0.25, -0.2) is 0 Å². The average Bonchev–Trinajstić information content (AvgIpc) is 2.75. The number of nitrogens with zero attached hydrogens (tertiary/aromatic N) is 3. The van der Waals surface area contributed by atoms with E-state index >= 15 is 0 Å². The Hall–Kier alpha value is -1.40. The average molecular weight is 259 g/mol. The number of carbonyl (C=O) groups is 2. The molecule has 2 rings (SSSR count). The van der Waals surface area contributed by atoms with Crippen LogP contribution in [0.1, 0.15) is 10.4 Å². The second-order valence-electron chi connectivity index (χ2n) is 3.77. The molecule has 0 radical (unpaired) electrons. The van der Waals surface area contributed by atoms with E-state index in [1.165, 1.54) is 10.9 Å². The van der Waals surface area contributed by atoms with Gasteiger partial charge in [0.2, 0.25) is 0 Å². The molecule has 0 unspecified atom stereocenters. The number of piperazine rings is 1. The van der Waals surface area contributed by atoms with Crippen LogP contribution in [0.2, 0.25) is 0 Å². The predicted molar refractivity (Wildman–Crippen MR) is 64.2 cm³/mol. The van der Waals surface area contributed by atoms with Crippen molar-refractivity contribution in [1.82, 2.24) is 20.0 Å². The van der Waals surface area contributed by atoms with Gasteiger partial charge in [-0.1, -0.05) is 0 Å². The maximum atomic E-state index is 11.8. The summed E-state index contributed by atoms with van der Waals surface area (Å²) in [6.07, 6.45) is 2.98. The molecule has 6 nitrogen and oxygen atoms in total. The molecule has 0 aromatic carbocycles. The number of amides is 1. The summed E-state index contributed by atoms with van der Waals surface area (Å²) in [5.74, 6) is -0.913. The highest BCUT2D eigenvalue weighted by Crippen LogP contribution is 2.03. The molecule has 1 aliphatic rings. The van der Waals surface area contributed by atoms with Gasteiger partial charge in [-0.3, -0.25) is 14.3 Å². The van der Waals surface area contributed by atoms with Crippen LogP contribution in [0, 0.1) is 0 Å². The number of aromatic nitrogens is 2. The number of hydrogen-bond donors (Lipinski definition) is 1. The quantitative estimate of drug-likeness (QED) is 0.571. The molecule has 2 heterocycles. The van der Waals surface area contributed by atoms with E-state index in [0.717, 1.165) is 13.1 Å². The highest BCUT2D eigenvalue weighted by atomic mass is 35.5. The fourth-order valence-electron chi connectivity index (χ4n) is 1.67. The Balaban J connectivity index is 0.00000144. The summed E-state index contributed by atoms with van der Waals surface area (Å²) >= 11 is 0. The third-order valence-corrected chi connectivity index (χ3v) is 2.57. The second-order valence-corrected chi connectivity index (χ2v) is 3.77. The minimum absolute atomic E-state index is 0. The predicted octanol–water partition coefficient (Wildman–Crippen LogP) is -0.544. The first-order valence-corrected chi connectivity index (χ1v) is 5.21. The fraction of sp³-hybridized carbons (Fsp3) is 0.500. The molecule has 0 bridgehead atoms. The van der Waals surface area contributed by atoms with Gasteiger partial charge in [-0.15, -0.1) is 12.4 Å². The molecule has 7 heteroatoms. The Morgan fingerprint density at radius 1 is 1.35 bits per heavy atom. The summed E-state index contributed by atoms with van der Waals surface area (Å²) in [5, 5.41) is 7.01. The smallest absolute Gasteiger partial charge is 0.295 e. The molecule has 1 aromatic heterocycles. The molecule has 0 aliphatic carbocycles. The van der Waals surface area contributed by atoms with E-state index in [2.05, 4.69) is 10.4 Å². The number of carbonyl (C=O) groups excluding carboxylic acids is 2. The zero-order valence-electron chi connectivity index (χ0n) is 9.55. The molecule has 1 amide bonds. The monoisotopic (exact) mass is 258 g/mol. The number of nitrogens with one attached hydrogen (secondary N) is 1. The van der Waals surface area contributed by atoms with E-state index in [4.69, 9.17) is 0 Å². The van der Waals surface area contributed by atoms with Gasteiger partial charge in [-0.05, 0) is 0 Å². The van der Waals surface area contributed by atoms with Crippen molar-refractivity contribution < 1.29 is 9.59 Å². The van der Waals surface area contributed by atoms with E-state index in [1.54, 1.807) is 18.1 Å². The topological polar surface area (TPSA) is 67.2 Å². The van der Waals surface area contributed by atoms with Crippen molar-refractivity contribution in [2.75, 3.05) is 26.2 Å². The van der Waals surface area contributed by atoms with Crippen molar-refractivity contribution in [1.29, 1.82) is 0 Å². The van der Waals surface area contributed by atoms with Crippen LogP contribution in [0.15, 0.2) is 12.4 Å². The molecule has 0 spiro atoms. The Morgan fingerprint density at radius 2 is 2.00 bits per heavy atom. The molecule has 0 atom stereocenters. The standard InChI is InChI=1S/C10H14N4O2.ClH/c1-13-7-8(6-12-13)9(15)10(16)14-4-2-11-3-5-14;/h6-7,11H,2-5H2,1H3;1H. The molecular formula is C10H15ClN4O2. The Bertz CT molecular complexity index is 412. The molecule has 17 heavy (non-hydrogen) atoms. The summed E-state index contributed by atoms with van der Waals surface area (Å²) in [7, 11) is 1.71. The summed E-state index contributed by atoms with van der Waals surface area (Å²) in [6.45, 7) is 2.66. The lowest BCUT2D eigenvalue weighted by Gasteiger charge is -2.26. The van der Waals surface area contributed by atoms with Crippen molar-refractivity contribution in [2.45, 2.75) is 0 Å². The third kappa shape index (κ3) is 3.04. The number of Topliss-reactive ketones (excluding diaryl/α,β-unsaturated/α-hetero) is 1. The van der Waals surface area contributed by atoms with Crippen LogP contribution in [0.25, 0.3) is 0 Å². The molecule has 1 fully saturated rings. The zero-order valence-corrected chi connectivity index (χ0v) is 10.4. The lowest BCUT2D eigenvalue weighted by molar-refractivity contribution is -0.126. The van der Waals surface area contributed by atoms with E-state index < -0.39 is 11.7 Å². The molecule has 1 saturated heterocycles. The van der Waals surface area contributed by atoms with Gasteiger partial charge in [0.1, 0.15) is 0 Å². The summed E-state index contributed by atoms with van der Waals surface area (Å²) in [4.78, 5) is 25.2. The van der Waals surface area contributed by atoms with Crippen LogP contribution in [0.4, 0.5) is 0 Å². The Morgan fingerprint density at radius 3 is 2.53 bits per heavy atom. The molecule has 0 saturated carbocycles. The van der Waals surface area contributed by atoms with E-state index in [1.807, 2.05) is 0 Å². The number of hydrogen-bond acceptors (Lipinski definition) is 4. The Kier molecular flexibility index (Phi) is 4.65. The minimum Gasteiger partial charge on any atom is -0.333 e. The zero-order chi connectivity index (χ0) is 11.5. The lowest BCUT2D eigenvalue weighted by atomic mass is 10.2. The summed E-state index contributed by atoms with van der Waals surface area (Å²) < 4.78 is 1.51. The molecule has 1 aromatic rings. The first kappa shape index (κ1) is 13.7. The van der Waals surface area contributed by atoms with Gasteiger partial charge < -0.3 is 10.2 Å². The maximum Gasteiger partial charge on any atom is 0.295 e. The molecule has 94 valence electrons. The minimum atomic E-state index is -0.477. The van der Waals surface area contributed by atoms with Crippen molar-refractivity contribution in [2.24, 2.45) is 7.05 Å². The van der Waals surface area contributed by atoms with E-state index in [0.29, 0.717) is 18.7 Å². The normalized spacial score (nSPS) is 15.2. The second kappa shape index (κ2) is 5.79. The van der Waals surface area contributed by atoms with E-state index in [-0.39, 0.29) is 12.4 Å². The van der Waals surface area contributed by atoms with Crippen molar-refractivity contribution in [3.05, 3.63) is 18.0 Å². The number of halogens is 1. The fourth-order valence-corrected chi connectivity index (χ4v) is 1.67. The third-order valence-electron chi connectivity index (χ3n) is 2.57. The maximum absolute atomic E-state index is 11.8. The van der Waals surface area contributed by atoms with Crippen molar-refractivity contribution in [3.63, 3.8) is 0 Å². The van der Waals surface area contributed by atoms with Crippen LogP contribution < -0.4 is 5.32 Å². The SMILES string of the molecule is Cl.Cn1cc(C(=O)C(=O)N2CCNCC2)cn1. The summed E-state index contributed by atoms with van der Waals surface area (Å²) in [5.41, 5.74) is 0.353. The van der Waals surface area contributed by atoms with Crippen molar-refractivity contribution in [3.8, 4) is 0 Å². The van der Waals surface area contributed by atoms with Crippen LogP contribution >= 0.6 is 12.4 Å². The van der Waals surface area contributed by atoms with Gasteiger partial charge in [-0.2, -0.15) is 5.10 Å². The molecule has 1 N–H and O–H groups in total. The van der Waals surface area contributed by atoms with Crippen molar-refractivity contribution >= 4 is 24.1 Å². The highest BCUT2D eigenvalue weighted by molar-refractivity contribution is 6.42. The first-order chi connectivity index (χ1) is 7.68. The number of aryl methyl sites for hydroxylation is 1. The summed E-state index contributed by atoms with van der Waals surface area (Å²) in [6, 6.07) is 0. The van der Waals surface area contributed by atoms with Gasteiger partial charge >= 0.3 is 0 Å².